The van der Waals surface area contributed by atoms with Crippen molar-refractivity contribution in [3.05, 3.63) is 29.6 Å². The fourth-order valence-corrected chi connectivity index (χ4v) is 2.72. The highest BCUT2D eigenvalue weighted by Crippen LogP contribution is 2.20. The van der Waals surface area contributed by atoms with Crippen LogP contribution >= 0.6 is 25.3 Å². The molecule has 0 bridgehead atoms. The first kappa shape index (κ1) is 25.8. The first-order chi connectivity index (χ1) is 13.7. The minimum Gasteiger partial charge on any atom is -0.467 e. The molecule has 2 atom stereocenters. The number of rotatable bonds is 8. The summed E-state index contributed by atoms with van der Waals surface area (Å²) in [5.74, 6) is -2.73. The Morgan fingerprint density at radius 1 is 0.833 bits per heavy atom. The quantitative estimate of drug-likeness (QED) is 0.340. The molecule has 0 aliphatic heterocycles. The van der Waals surface area contributed by atoms with Gasteiger partial charge in [0.1, 0.15) is 23.5 Å². The minimum atomic E-state index is -1.05. The van der Waals surface area contributed by atoms with Gasteiger partial charge in [-0.1, -0.05) is 6.07 Å². The van der Waals surface area contributed by atoms with Gasteiger partial charge in [0, 0.05) is 9.49 Å². The Balaban J connectivity index is 3.09. The summed E-state index contributed by atoms with van der Waals surface area (Å²) < 4.78 is 7.59. The van der Waals surface area contributed by atoms with E-state index in [1.54, 1.807) is 27.7 Å². The van der Waals surface area contributed by atoms with Gasteiger partial charge in [-0.05, 0) is 39.8 Å². The van der Waals surface area contributed by atoms with Crippen LogP contribution < -0.4 is 10.6 Å². The Morgan fingerprint density at radius 3 is 1.43 bits per heavy atom. The van der Waals surface area contributed by atoms with Crippen LogP contribution in [0.25, 0.3) is 0 Å². The van der Waals surface area contributed by atoms with Crippen LogP contribution in [0.5, 0.6) is 0 Å². The summed E-state index contributed by atoms with van der Waals surface area (Å²) in [6.45, 7) is 6.56. The average molecular weight is 458 g/mol. The second-order valence-electron chi connectivity index (χ2n) is 7.57. The number of carbonyl (C=O) groups excluding carboxylic acids is 4. The third kappa shape index (κ3) is 6.91. The molecule has 1 heterocycles. The monoisotopic (exact) mass is 457 g/mol. The highest BCUT2D eigenvalue weighted by Gasteiger charge is 2.36. The summed E-state index contributed by atoms with van der Waals surface area (Å²) in [6.07, 6.45) is 0. The SMILES string of the molecule is COC(=O)[C@@H](NC(=O)c1cccc(C(=O)N[C@H](C(=O)OC)C(C)(C)S)n1)C(C)(C)S. The number of carbonyl (C=O) groups is 4. The zero-order valence-corrected chi connectivity index (χ0v) is 19.5. The maximum atomic E-state index is 12.6. The van der Waals surface area contributed by atoms with Crippen molar-refractivity contribution in [2.45, 2.75) is 49.3 Å². The number of amides is 2. The largest absolute Gasteiger partial charge is 0.467 e. The molecule has 0 aromatic carbocycles. The molecule has 1 aromatic heterocycles. The number of esters is 2. The number of hydrogen-bond donors (Lipinski definition) is 4. The lowest BCUT2D eigenvalue weighted by atomic mass is 10.0. The number of hydrogen-bond acceptors (Lipinski definition) is 9. The summed E-state index contributed by atoms with van der Waals surface area (Å²) in [7, 11) is 2.40. The highest BCUT2D eigenvalue weighted by atomic mass is 32.1. The molecule has 0 saturated carbocycles. The van der Waals surface area contributed by atoms with E-state index in [1.807, 2.05) is 0 Å². The minimum absolute atomic E-state index is 0.103. The van der Waals surface area contributed by atoms with E-state index in [1.165, 1.54) is 32.4 Å². The molecule has 0 spiro atoms. The van der Waals surface area contributed by atoms with Crippen LogP contribution in [-0.4, -0.2) is 64.5 Å². The first-order valence-electron chi connectivity index (χ1n) is 8.91. The lowest BCUT2D eigenvalue weighted by molar-refractivity contribution is -0.144. The summed E-state index contributed by atoms with van der Waals surface area (Å²) in [5, 5.41) is 5.02. The number of ether oxygens (including phenoxy) is 2. The normalized spacial score (nSPS) is 13.6. The maximum absolute atomic E-state index is 12.6. The first-order valence-corrected chi connectivity index (χ1v) is 9.81. The van der Waals surface area contributed by atoms with Crippen LogP contribution in [0.1, 0.15) is 48.7 Å². The Morgan fingerprint density at radius 2 is 1.17 bits per heavy atom. The van der Waals surface area contributed by atoms with Gasteiger partial charge >= 0.3 is 11.9 Å². The summed E-state index contributed by atoms with van der Waals surface area (Å²) in [6, 6.07) is 2.12. The molecule has 0 unspecified atom stereocenters. The molecule has 2 N–H and O–H groups in total. The van der Waals surface area contributed by atoms with Crippen molar-refractivity contribution >= 4 is 49.0 Å². The van der Waals surface area contributed by atoms with Crippen molar-refractivity contribution in [3.8, 4) is 0 Å². The molecule has 0 radical (unpaired) electrons. The van der Waals surface area contributed by atoms with E-state index in [-0.39, 0.29) is 11.4 Å². The number of aromatic nitrogens is 1. The van der Waals surface area contributed by atoms with Crippen LogP contribution in [0.15, 0.2) is 18.2 Å². The van der Waals surface area contributed by atoms with Crippen molar-refractivity contribution in [3.63, 3.8) is 0 Å². The summed E-state index contributed by atoms with van der Waals surface area (Å²) in [5.41, 5.74) is -0.206. The van der Waals surface area contributed by atoms with Crippen molar-refractivity contribution in [2.24, 2.45) is 0 Å². The van der Waals surface area contributed by atoms with Gasteiger partial charge in [0.05, 0.1) is 14.2 Å². The molecule has 30 heavy (non-hydrogen) atoms. The molecule has 2 amide bonds. The fourth-order valence-electron chi connectivity index (χ4n) is 2.38. The van der Waals surface area contributed by atoms with Gasteiger partial charge in [-0.2, -0.15) is 25.3 Å². The predicted octanol–water partition coefficient (Wildman–Crippen LogP) is 1.04. The van der Waals surface area contributed by atoms with Crippen LogP contribution in [0, 0.1) is 0 Å². The van der Waals surface area contributed by atoms with Gasteiger partial charge in [0.2, 0.25) is 0 Å². The number of methoxy groups -OCH3 is 2. The van der Waals surface area contributed by atoms with Crippen molar-refractivity contribution in [2.75, 3.05) is 14.2 Å². The summed E-state index contributed by atoms with van der Waals surface area (Å²) >= 11 is 8.65. The van der Waals surface area contributed by atoms with Gasteiger partial charge in [-0.3, -0.25) is 9.59 Å². The molecular weight excluding hydrogens is 430 g/mol. The summed E-state index contributed by atoms with van der Waals surface area (Å²) in [4.78, 5) is 53.2. The average Bonchev–Trinajstić information content (AvgIpc) is 2.66. The molecule has 9 nitrogen and oxygen atoms in total. The van der Waals surface area contributed by atoms with E-state index in [2.05, 4.69) is 40.9 Å². The van der Waals surface area contributed by atoms with E-state index in [4.69, 9.17) is 9.47 Å². The standard InChI is InChI=1S/C19H27N3O6S2/c1-18(2,29)12(16(25)27-5)21-14(23)10-8-7-9-11(20-10)15(24)22-13(17(26)28-6)19(3,4)30/h7-9,12-13,29-30H,1-6H3,(H,21,23)(H,22,24)/t12-,13-/m1/s1. The van der Waals surface area contributed by atoms with Crippen LogP contribution in [0.3, 0.4) is 0 Å². The van der Waals surface area contributed by atoms with E-state index < -0.39 is 45.3 Å². The van der Waals surface area contributed by atoms with E-state index in [0.29, 0.717) is 0 Å². The van der Waals surface area contributed by atoms with Gasteiger partial charge in [0.25, 0.3) is 11.8 Å². The van der Waals surface area contributed by atoms with Crippen LogP contribution in [-0.2, 0) is 19.1 Å². The molecule has 0 aliphatic rings. The number of pyridine rings is 1. The van der Waals surface area contributed by atoms with Gasteiger partial charge in [0.15, 0.2) is 0 Å². The Bertz CT molecular complexity index is 754. The third-order valence-electron chi connectivity index (χ3n) is 4.05. The molecule has 11 heteroatoms. The molecule has 0 saturated heterocycles. The lowest BCUT2D eigenvalue weighted by Crippen LogP contribution is -2.52. The Labute approximate surface area is 186 Å². The number of nitrogens with one attached hydrogen (secondary N) is 2. The fraction of sp³-hybridized carbons (Fsp3) is 0.526. The lowest BCUT2D eigenvalue weighted by Gasteiger charge is -2.28. The Hall–Kier alpha value is -2.27. The zero-order valence-electron chi connectivity index (χ0n) is 17.7. The van der Waals surface area contributed by atoms with E-state index in [9.17, 15) is 19.2 Å². The van der Waals surface area contributed by atoms with Crippen molar-refractivity contribution in [1.29, 1.82) is 0 Å². The predicted molar refractivity (Wildman–Crippen MR) is 117 cm³/mol. The molecular formula is C19H27N3O6S2. The Kier molecular flexibility index (Phi) is 8.73. The molecule has 1 aromatic rings. The molecule has 0 aliphatic carbocycles. The van der Waals surface area contributed by atoms with Gasteiger partial charge < -0.3 is 20.1 Å². The zero-order chi connectivity index (χ0) is 23.3. The third-order valence-corrected chi connectivity index (χ3v) is 4.57. The molecule has 1 rings (SSSR count). The maximum Gasteiger partial charge on any atom is 0.329 e. The second-order valence-corrected chi connectivity index (χ2v) is 9.88. The van der Waals surface area contributed by atoms with E-state index >= 15 is 0 Å². The smallest absolute Gasteiger partial charge is 0.329 e. The van der Waals surface area contributed by atoms with Gasteiger partial charge in [-0.25, -0.2) is 14.6 Å². The highest BCUT2D eigenvalue weighted by molar-refractivity contribution is 7.82. The van der Waals surface area contributed by atoms with Crippen molar-refractivity contribution in [1.82, 2.24) is 15.6 Å². The molecule has 0 fully saturated rings. The van der Waals surface area contributed by atoms with Crippen molar-refractivity contribution < 1.29 is 28.7 Å². The number of thiol groups is 2. The van der Waals surface area contributed by atoms with Crippen LogP contribution in [0.2, 0.25) is 0 Å². The van der Waals surface area contributed by atoms with E-state index in [0.717, 1.165) is 0 Å². The topological polar surface area (TPSA) is 124 Å². The van der Waals surface area contributed by atoms with Crippen LogP contribution in [0.4, 0.5) is 0 Å². The number of nitrogens with zero attached hydrogens (tertiary/aromatic N) is 1. The second kappa shape index (κ2) is 10.2. The van der Waals surface area contributed by atoms with Gasteiger partial charge in [-0.15, -0.1) is 0 Å². The molecule has 166 valence electrons.